The second-order valence-corrected chi connectivity index (χ2v) is 10.4. The van der Waals surface area contributed by atoms with E-state index < -0.39 is 9.39 Å². The SMILES string of the molecule is C=S(=C)(NC1=NCC(C)=C1C)c1ccccc1-c1ccc(C2=NC=CC2)cc1CC. The third kappa shape index (κ3) is 3.80. The molecule has 3 nitrogen and oxygen atoms in total. The molecule has 1 N–H and O–H groups in total. The largest absolute Gasteiger partial charge is 0.323 e. The van der Waals surface area contributed by atoms with Crippen LogP contribution in [0.5, 0.6) is 0 Å². The summed E-state index contributed by atoms with van der Waals surface area (Å²) >= 11 is 0. The molecule has 0 amide bonds. The predicted molar refractivity (Wildman–Crippen MR) is 135 cm³/mol. The lowest BCUT2D eigenvalue weighted by Crippen LogP contribution is -2.20. The highest BCUT2D eigenvalue weighted by Crippen LogP contribution is 2.39. The van der Waals surface area contributed by atoms with Crippen LogP contribution in [0.1, 0.15) is 38.3 Å². The van der Waals surface area contributed by atoms with Gasteiger partial charge in [-0.2, -0.15) is 0 Å². The molecule has 0 radical (unpaired) electrons. The molecule has 154 valence electrons. The Kier molecular flexibility index (Phi) is 5.52. The lowest BCUT2D eigenvalue weighted by atomic mass is 9.94. The van der Waals surface area contributed by atoms with Gasteiger partial charge in [0.25, 0.3) is 0 Å². The smallest absolute Gasteiger partial charge is 0.133 e. The Morgan fingerprint density at radius 1 is 1.07 bits per heavy atom. The maximum Gasteiger partial charge on any atom is 0.133 e. The van der Waals surface area contributed by atoms with Gasteiger partial charge in [-0.05, 0) is 65.8 Å². The number of amidine groups is 1. The maximum absolute atomic E-state index is 4.65. The molecule has 0 aliphatic carbocycles. The fraction of sp³-hybridized carbons (Fsp3) is 0.231. The molecular formula is C26H29N3S. The quantitative estimate of drug-likeness (QED) is 0.606. The number of nitrogens with one attached hydrogen (secondary N) is 1. The fourth-order valence-corrected chi connectivity index (χ4v) is 5.53. The van der Waals surface area contributed by atoms with Gasteiger partial charge in [0, 0.05) is 17.5 Å². The molecule has 2 heterocycles. The van der Waals surface area contributed by atoms with E-state index in [0.717, 1.165) is 35.8 Å². The van der Waals surface area contributed by atoms with E-state index in [1.165, 1.54) is 33.4 Å². The first kappa shape index (κ1) is 20.4. The minimum absolute atomic E-state index is 0.755. The second kappa shape index (κ2) is 8.11. The van der Waals surface area contributed by atoms with E-state index in [4.69, 9.17) is 0 Å². The summed E-state index contributed by atoms with van der Waals surface area (Å²) in [5.74, 6) is 9.96. The predicted octanol–water partition coefficient (Wildman–Crippen LogP) is 5.90. The van der Waals surface area contributed by atoms with Gasteiger partial charge >= 0.3 is 0 Å². The lowest BCUT2D eigenvalue weighted by molar-refractivity contribution is 1.14. The zero-order chi connectivity index (χ0) is 21.3. The van der Waals surface area contributed by atoms with E-state index in [0.29, 0.717) is 0 Å². The summed E-state index contributed by atoms with van der Waals surface area (Å²) < 4.78 is 3.58. The van der Waals surface area contributed by atoms with Crippen molar-refractivity contribution in [1.82, 2.24) is 4.72 Å². The minimum atomic E-state index is -1.78. The molecule has 2 aromatic rings. The minimum Gasteiger partial charge on any atom is -0.323 e. The zero-order valence-corrected chi connectivity index (χ0v) is 18.9. The average molecular weight is 416 g/mol. The molecule has 2 aliphatic heterocycles. The molecule has 0 bridgehead atoms. The zero-order valence-electron chi connectivity index (χ0n) is 18.0. The summed E-state index contributed by atoms with van der Waals surface area (Å²) in [4.78, 5) is 10.3. The van der Waals surface area contributed by atoms with Crippen molar-refractivity contribution in [2.45, 2.75) is 38.5 Å². The second-order valence-electron chi connectivity index (χ2n) is 7.94. The number of aliphatic imine (C=N–C) groups is 2. The summed E-state index contributed by atoms with van der Waals surface area (Å²) in [6.45, 7) is 7.20. The molecule has 0 unspecified atom stereocenters. The van der Waals surface area contributed by atoms with Gasteiger partial charge in [0.15, 0.2) is 0 Å². The Balaban J connectivity index is 1.75. The van der Waals surface area contributed by atoms with E-state index in [1.807, 2.05) is 6.20 Å². The molecule has 0 atom stereocenters. The van der Waals surface area contributed by atoms with Crippen LogP contribution in [0.4, 0.5) is 0 Å². The normalized spacial score (nSPS) is 16.1. The van der Waals surface area contributed by atoms with Gasteiger partial charge in [0.05, 0.1) is 12.3 Å². The van der Waals surface area contributed by atoms with E-state index in [2.05, 4.69) is 95.8 Å². The van der Waals surface area contributed by atoms with Gasteiger partial charge in [-0.1, -0.05) is 55.1 Å². The van der Waals surface area contributed by atoms with E-state index in [-0.39, 0.29) is 0 Å². The summed E-state index contributed by atoms with van der Waals surface area (Å²) in [6, 6.07) is 15.2. The van der Waals surface area contributed by atoms with Gasteiger partial charge in [0.2, 0.25) is 0 Å². The molecule has 0 aromatic heterocycles. The van der Waals surface area contributed by atoms with Crippen LogP contribution in [0.3, 0.4) is 0 Å². The first-order valence-electron chi connectivity index (χ1n) is 10.3. The van der Waals surface area contributed by atoms with Crippen LogP contribution in [0.2, 0.25) is 0 Å². The first-order valence-corrected chi connectivity index (χ1v) is 12.3. The molecule has 2 aromatic carbocycles. The van der Waals surface area contributed by atoms with Crippen molar-refractivity contribution in [3.63, 3.8) is 0 Å². The van der Waals surface area contributed by atoms with E-state index >= 15 is 0 Å². The number of hydrogen-bond donors (Lipinski definition) is 1. The molecule has 0 fully saturated rings. The third-order valence-corrected chi connectivity index (χ3v) is 7.61. The molecule has 2 aliphatic rings. The van der Waals surface area contributed by atoms with Gasteiger partial charge in [-0.25, -0.2) is 0 Å². The molecule has 0 spiro atoms. The highest BCUT2D eigenvalue weighted by atomic mass is 32.2. The van der Waals surface area contributed by atoms with Crippen molar-refractivity contribution < 1.29 is 0 Å². The number of nitrogens with zero attached hydrogens (tertiary/aromatic N) is 2. The molecule has 4 rings (SSSR count). The van der Waals surface area contributed by atoms with Crippen molar-refractivity contribution in [3.05, 3.63) is 77.0 Å². The summed E-state index contributed by atoms with van der Waals surface area (Å²) in [5.41, 5.74) is 8.60. The van der Waals surface area contributed by atoms with Gasteiger partial charge in [0.1, 0.15) is 5.84 Å². The highest BCUT2D eigenvalue weighted by Gasteiger charge is 2.18. The first-order chi connectivity index (χ1) is 14.4. The number of hydrogen-bond acceptors (Lipinski definition) is 3. The van der Waals surface area contributed by atoms with Crippen LogP contribution in [0, 0.1) is 0 Å². The Bertz CT molecular complexity index is 1220. The standard InChI is InChI=1S/C26H29N3S/c1-6-20-16-21(24-11-9-15-27-24)13-14-22(20)23-10-7-8-12-25(23)30(4,5)29-26-19(3)18(2)17-28-26/h7-10,12-16H,4-6,11,17H2,1-3H3,(H,28,29). The summed E-state index contributed by atoms with van der Waals surface area (Å²) in [6.07, 6.45) is 5.85. The summed E-state index contributed by atoms with van der Waals surface area (Å²) in [5, 5.41) is 0. The van der Waals surface area contributed by atoms with Crippen LogP contribution >= 0.6 is 9.39 Å². The lowest BCUT2D eigenvalue weighted by Gasteiger charge is -2.23. The van der Waals surface area contributed by atoms with E-state index in [1.54, 1.807) is 0 Å². The van der Waals surface area contributed by atoms with Crippen molar-refractivity contribution in [2.24, 2.45) is 9.98 Å². The number of benzene rings is 2. The van der Waals surface area contributed by atoms with Crippen molar-refractivity contribution >= 4 is 32.7 Å². The maximum atomic E-state index is 4.65. The van der Waals surface area contributed by atoms with Crippen LogP contribution in [0.25, 0.3) is 11.1 Å². The third-order valence-electron chi connectivity index (χ3n) is 5.83. The fourth-order valence-electron chi connectivity index (χ4n) is 3.90. The Hall–Kier alpha value is -2.85. The van der Waals surface area contributed by atoms with Gasteiger partial charge in [-0.15, -0.1) is 9.39 Å². The Morgan fingerprint density at radius 3 is 2.53 bits per heavy atom. The molecule has 4 heteroatoms. The molecule has 0 saturated heterocycles. The highest BCUT2D eigenvalue weighted by molar-refractivity contribution is 8.26. The molecule has 0 saturated carbocycles. The monoisotopic (exact) mass is 415 g/mol. The van der Waals surface area contributed by atoms with Crippen molar-refractivity contribution in [3.8, 4) is 11.1 Å². The van der Waals surface area contributed by atoms with E-state index in [9.17, 15) is 0 Å². The van der Waals surface area contributed by atoms with Crippen molar-refractivity contribution in [1.29, 1.82) is 0 Å². The number of aryl methyl sites for hydroxylation is 1. The van der Waals surface area contributed by atoms with Crippen LogP contribution < -0.4 is 4.72 Å². The Morgan fingerprint density at radius 2 is 1.87 bits per heavy atom. The van der Waals surface area contributed by atoms with Gasteiger partial charge in [-0.3, -0.25) is 9.98 Å². The Labute approximate surface area is 180 Å². The van der Waals surface area contributed by atoms with Crippen LogP contribution in [-0.2, 0) is 6.42 Å². The average Bonchev–Trinajstić information content (AvgIpc) is 3.39. The molecular weight excluding hydrogens is 386 g/mol. The van der Waals surface area contributed by atoms with Crippen LogP contribution in [0.15, 0.2) is 80.8 Å². The number of rotatable bonds is 5. The topological polar surface area (TPSA) is 36.8 Å². The van der Waals surface area contributed by atoms with Gasteiger partial charge < -0.3 is 4.72 Å². The number of allylic oxidation sites excluding steroid dienone is 1. The van der Waals surface area contributed by atoms with Crippen LogP contribution in [-0.4, -0.2) is 29.8 Å². The summed E-state index contributed by atoms with van der Waals surface area (Å²) in [7, 11) is -1.78. The molecule has 30 heavy (non-hydrogen) atoms. The van der Waals surface area contributed by atoms with Crippen molar-refractivity contribution in [2.75, 3.05) is 6.54 Å².